The minimum atomic E-state index is -1.35. The van der Waals surface area contributed by atoms with E-state index in [0.717, 1.165) is 6.08 Å². The summed E-state index contributed by atoms with van der Waals surface area (Å²) >= 11 is 0. The SMILES string of the molecule is CC(C)(C)C(=O)/C=C(\O)C(C)(C)O.[Ce+4]. The van der Waals surface area contributed by atoms with Gasteiger partial charge in [0.1, 0.15) is 11.4 Å². The van der Waals surface area contributed by atoms with Crippen LogP contribution >= 0.6 is 0 Å². The predicted molar refractivity (Wildman–Crippen MR) is 51.5 cm³/mol. The number of aliphatic hydroxyl groups excluding tert-OH is 1. The fraction of sp³-hybridized carbons (Fsp3) is 0.700. The van der Waals surface area contributed by atoms with Crippen LogP contribution in [0, 0.1) is 47.2 Å². The van der Waals surface area contributed by atoms with Crippen LogP contribution in [0.5, 0.6) is 0 Å². The number of hydrogen-bond donors (Lipinski definition) is 2. The molecule has 0 fully saturated rings. The molecule has 0 saturated heterocycles. The Morgan fingerprint density at radius 1 is 1.14 bits per heavy atom. The normalized spacial score (nSPS) is 13.4. The molecule has 0 aromatic heterocycles. The van der Waals surface area contributed by atoms with E-state index in [2.05, 4.69) is 0 Å². The number of carbonyl (C=O) groups excluding carboxylic acids is 1. The van der Waals surface area contributed by atoms with Gasteiger partial charge in [-0.1, -0.05) is 20.8 Å². The standard InChI is InChI=1S/C10H18O3.Ce/c1-9(2,3)7(11)6-8(12)10(4,5)13;/h6,12-13H,1-5H3;/q;+4/b8-6-;. The van der Waals surface area contributed by atoms with Crippen LogP contribution in [-0.2, 0) is 4.79 Å². The molecule has 0 bridgehead atoms. The topological polar surface area (TPSA) is 57.5 Å². The molecule has 0 spiro atoms. The molecule has 4 heteroatoms. The first-order valence-corrected chi connectivity index (χ1v) is 4.23. The number of allylic oxidation sites excluding steroid dienone is 1. The predicted octanol–water partition coefficient (Wildman–Crippen LogP) is 1.81. The van der Waals surface area contributed by atoms with E-state index < -0.39 is 11.0 Å². The summed E-state index contributed by atoms with van der Waals surface area (Å²) in [7, 11) is 0. The van der Waals surface area contributed by atoms with Gasteiger partial charge in [0, 0.05) is 11.5 Å². The first-order valence-electron chi connectivity index (χ1n) is 4.23. The Bertz CT molecular complexity index is 231. The smallest absolute Gasteiger partial charge is 0.509 e. The Kier molecular flexibility index (Phi) is 6.76. The van der Waals surface area contributed by atoms with Crippen molar-refractivity contribution < 1.29 is 56.8 Å². The molecule has 0 heterocycles. The second kappa shape index (κ2) is 5.58. The molecule has 0 rings (SSSR count). The van der Waals surface area contributed by atoms with Crippen LogP contribution in [0.1, 0.15) is 34.6 Å². The van der Waals surface area contributed by atoms with Gasteiger partial charge in [-0.05, 0) is 13.8 Å². The Labute approximate surface area is 119 Å². The van der Waals surface area contributed by atoms with Crippen LogP contribution in [0.4, 0.5) is 0 Å². The molecule has 0 aliphatic rings. The fourth-order valence-corrected chi connectivity index (χ4v) is 0.517. The van der Waals surface area contributed by atoms with Gasteiger partial charge >= 0.3 is 41.7 Å². The Morgan fingerprint density at radius 3 is 1.71 bits per heavy atom. The van der Waals surface area contributed by atoms with Gasteiger partial charge < -0.3 is 10.2 Å². The Morgan fingerprint density at radius 2 is 1.50 bits per heavy atom. The van der Waals surface area contributed by atoms with E-state index in [9.17, 15) is 15.0 Å². The van der Waals surface area contributed by atoms with E-state index in [1.807, 2.05) is 0 Å². The number of aliphatic hydroxyl groups is 2. The van der Waals surface area contributed by atoms with Crippen LogP contribution in [0.15, 0.2) is 11.8 Å². The third-order valence-electron chi connectivity index (χ3n) is 1.63. The molecule has 2 N–H and O–H groups in total. The number of ketones is 1. The summed E-state index contributed by atoms with van der Waals surface area (Å²) in [6.45, 7) is 8.11. The average molecular weight is 326 g/mol. The van der Waals surface area contributed by atoms with Gasteiger partial charge in [0.25, 0.3) is 0 Å². The summed E-state index contributed by atoms with van der Waals surface area (Å²) in [5.74, 6) is -0.500. The number of hydrogen-bond acceptors (Lipinski definition) is 3. The third-order valence-corrected chi connectivity index (χ3v) is 1.63. The maximum Gasteiger partial charge on any atom is 4.00 e. The number of rotatable bonds is 2. The quantitative estimate of drug-likeness (QED) is 0.601. The molecule has 14 heavy (non-hydrogen) atoms. The van der Waals surface area contributed by atoms with Gasteiger partial charge in [-0.2, -0.15) is 0 Å². The molecule has 0 aliphatic heterocycles. The van der Waals surface area contributed by atoms with Crippen LogP contribution in [0.25, 0.3) is 0 Å². The van der Waals surface area contributed by atoms with Gasteiger partial charge in [0.15, 0.2) is 5.78 Å². The second-order valence-corrected chi connectivity index (χ2v) is 4.70. The van der Waals surface area contributed by atoms with Crippen molar-refractivity contribution in [3.63, 3.8) is 0 Å². The van der Waals surface area contributed by atoms with Gasteiger partial charge in [-0.15, -0.1) is 0 Å². The minimum absolute atomic E-state index is 0. The summed E-state index contributed by atoms with van der Waals surface area (Å²) in [6.07, 6.45) is 1.08. The summed E-state index contributed by atoms with van der Waals surface area (Å²) in [4.78, 5) is 11.4. The van der Waals surface area contributed by atoms with Gasteiger partial charge in [0.2, 0.25) is 0 Å². The zero-order chi connectivity index (χ0) is 10.9. The van der Waals surface area contributed by atoms with Crippen molar-refractivity contribution in [2.75, 3.05) is 0 Å². The Hall–Kier alpha value is 0.547. The molecular weight excluding hydrogens is 308 g/mol. The summed E-state index contributed by atoms with van der Waals surface area (Å²) in [6, 6.07) is 0. The van der Waals surface area contributed by atoms with Crippen molar-refractivity contribution in [1.29, 1.82) is 0 Å². The molecule has 0 aromatic rings. The van der Waals surface area contributed by atoms with Crippen molar-refractivity contribution >= 4 is 5.78 Å². The van der Waals surface area contributed by atoms with Crippen LogP contribution in [-0.4, -0.2) is 21.6 Å². The van der Waals surface area contributed by atoms with Crippen molar-refractivity contribution in [3.8, 4) is 0 Å². The van der Waals surface area contributed by atoms with E-state index >= 15 is 0 Å². The zero-order valence-electron chi connectivity index (χ0n) is 9.38. The van der Waals surface area contributed by atoms with Gasteiger partial charge in [0.05, 0.1) is 0 Å². The van der Waals surface area contributed by atoms with Crippen molar-refractivity contribution in [2.24, 2.45) is 5.41 Å². The average Bonchev–Trinajstić information content (AvgIpc) is 1.82. The monoisotopic (exact) mass is 326 g/mol. The first kappa shape index (κ1) is 17.0. The molecule has 0 radical (unpaired) electrons. The second-order valence-electron chi connectivity index (χ2n) is 4.70. The van der Waals surface area contributed by atoms with E-state index in [0.29, 0.717) is 0 Å². The molecule has 0 amide bonds. The summed E-state index contributed by atoms with van der Waals surface area (Å²) in [5, 5.41) is 18.6. The van der Waals surface area contributed by atoms with E-state index in [4.69, 9.17) is 0 Å². The van der Waals surface area contributed by atoms with Crippen LogP contribution in [0.2, 0.25) is 0 Å². The number of carbonyl (C=O) groups is 1. The van der Waals surface area contributed by atoms with Gasteiger partial charge in [-0.3, -0.25) is 4.79 Å². The maximum absolute atomic E-state index is 11.4. The first-order chi connectivity index (χ1) is 5.55. The largest absolute Gasteiger partial charge is 4.00 e. The third kappa shape index (κ3) is 6.11. The molecule has 76 valence electrons. The molecular formula is C10H18CeO3+4. The zero-order valence-corrected chi connectivity index (χ0v) is 12.5. The van der Waals surface area contributed by atoms with Crippen molar-refractivity contribution in [1.82, 2.24) is 0 Å². The maximum atomic E-state index is 11.4. The van der Waals surface area contributed by atoms with E-state index in [1.165, 1.54) is 13.8 Å². The molecule has 0 aromatic carbocycles. The summed E-state index contributed by atoms with van der Waals surface area (Å²) in [5.41, 5.74) is -1.87. The van der Waals surface area contributed by atoms with E-state index in [1.54, 1.807) is 20.8 Å². The van der Waals surface area contributed by atoms with Gasteiger partial charge in [-0.25, -0.2) is 0 Å². The van der Waals surface area contributed by atoms with Crippen molar-refractivity contribution in [2.45, 2.75) is 40.2 Å². The van der Waals surface area contributed by atoms with Crippen LogP contribution in [0.3, 0.4) is 0 Å². The van der Waals surface area contributed by atoms with E-state index in [-0.39, 0.29) is 53.3 Å². The Balaban J connectivity index is 0. The molecule has 0 saturated carbocycles. The van der Waals surface area contributed by atoms with Crippen LogP contribution < -0.4 is 0 Å². The summed E-state index contributed by atoms with van der Waals surface area (Å²) < 4.78 is 0. The fourth-order valence-electron chi connectivity index (χ4n) is 0.517. The molecule has 0 aliphatic carbocycles. The molecule has 3 nitrogen and oxygen atoms in total. The molecule has 0 atom stereocenters. The molecule has 0 unspecified atom stereocenters. The minimum Gasteiger partial charge on any atom is -0.509 e. The van der Waals surface area contributed by atoms with Crippen molar-refractivity contribution in [3.05, 3.63) is 11.8 Å².